The fourth-order valence-electron chi connectivity index (χ4n) is 2.03. The lowest BCUT2D eigenvalue weighted by Gasteiger charge is -2.21. The predicted octanol–water partition coefficient (Wildman–Crippen LogP) is 3.18. The quantitative estimate of drug-likeness (QED) is 0.914. The summed E-state index contributed by atoms with van der Waals surface area (Å²) in [5.74, 6) is 1.07. The molecule has 5 nitrogen and oxygen atoms in total. The zero-order chi connectivity index (χ0) is 15.4. The molecule has 0 unspecified atom stereocenters. The van der Waals surface area contributed by atoms with Crippen molar-refractivity contribution >= 4 is 17.2 Å². The lowest BCUT2D eigenvalue weighted by Crippen LogP contribution is -2.16. The maximum Gasteiger partial charge on any atom is 0.242 e. The van der Waals surface area contributed by atoms with Crippen LogP contribution in [0.4, 0.5) is 17.2 Å². The van der Waals surface area contributed by atoms with Gasteiger partial charge in [0.25, 0.3) is 0 Å². The number of aromatic nitrogens is 2. The zero-order valence-corrected chi connectivity index (χ0v) is 13.0. The van der Waals surface area contributed by atoms with E-state index in [2.05, 4.69) is 41.2 Å². The molecule has 1 aromatic carbocycles. The molecule has 0 bridgehead atoms. The van der Waals surface area contributed by atoms with Gasteiger partial charge in [0, 0.05) is 12.7 Å². The van der Waals surface area contributed by atoms with Gasteiger partial charge >= 0.3 is 0 Å². The molecule has 0 radical (unpaired) electrons. The number of benzene rings is 1. The lowest BCUT2D eigenvalue weighted by molar-refractivity contribution is 0.234. The van der Waals surface area contributed by atoms with Crippen molar-refractivity contribution in [1.82, 2.24) is 9.97 Å². The zero-order valence-electron chi connectivity index (χ0n) is 13.0. The Labute approximate surface area is 125 Å². The van der Waals surface area contributed by atoms with Crippen LogP contribution in [0.15, 0.2) is 30.6 Å². The van der Waals surface area contributed by atoms with E-state index in [9.17, 15) is 0 Å². The van der Waals surface area contributed by atoms with Crippen LogP contribution in [0.2, 0.25) is 0 Å². The average Bonchev–Trinajstić information content (AvgIpc) is 2.48. The van der Waals surface area contributed by atoms with Crippen molar-refractivity contribution in [3.8, 4) is 5.88 Å². The van der Waals surface area contributed by atoms with E-state index in [1.54, 1.807) is 0 Å². The van der Waals surface area contributed by atoms with E-state index < -0.39 is 0 Å². The Morgan fingerprint density at radius 2 is 1.86 bits per heavy atom. The van der Waals surface area contributed by atoms with Crippen LogP contribution in [0.5, 0.6) is 5.88 Å². The highest BCUT2D eigenvalue weighted by Gasteiger charge is 2.15. The van der Waals surface area contributed by atoms with E-state index in [0.29, 0.717) is 17.4 Å². The van der Waals surface area contributed by atoms with Crippen molar-refractivity contribution in [3.05, 3.63) is 36.2 Å². The highest BCUT2D eigenvalue weighted by atomic mass is 16.5. The fraction of sp³-hybridized carbons (Fsp3) is 0.375. The number of hydrogen-bond donors (Lipinski definition) is 1. The van der Waals surface area contributed by atoms with Crippen LogP contribution in [0.3, 0.4) is 0 Å². The second-order valence-electron chi connectivity index (χ2n) is 5.16. The number of nitrogen functional groups attached to an aromatic ring is 1. The maximum atomic E-state index is 6.13. The van der Waals surface area contributed by atoms with E-state index >= 15 is 0 Å². The van der Waals surface area contributed by atoms with Crippen molar-refractivity contribution in [1.29, 1.82) is 0 Å². The van der Waals surface area contributed by atoms with Gasteiger partial charge in [-0.05, 0) is 38.0 Å². The molecule has 0 aliphatic rings. The summed E-state index contributed by atoms with van der Waals surface area (Å²) in [5, 5.41) is 0. The molecule has 0 atom stereocenters. The summed E-state index contributed by atoms with van der Waals surface area (Å²) in [6.45, 7) is 6.01. The van der Waals surface area contributed by atoms with Crippen molar-refractivity contribution in [2.75, 3.05) is 17.7 Å². The van der Waals surface area contributed by atoms with Crippen LogP contribution in [0.25, 0.3) is 0 Å². The summed E-state index contributed by atoms with van der Waals surface area (Å²) in [5.41, 5.74) is 8.91. The number of aryl methyl sites for hydroxylation is 1. The van der Waals surface area contributed by atoms with Crippen molar-refractivity contribution < 1.29 is 4.74 Å². The molecule has 0 fully saturated rings. The van der Waals surface area contributed by atoms with Gasteiger partial charge < -0.3 is 15.4 Å². The Balaban J connectivity index is 2.31. The SMILES string of the molecule is CCc1ccc(N(C)c2ncnc(OC(C)C)c2N)cc1. The smallest absolute Gasteiger partial charge is 0.242 e. The molecule has 0 spiro atoms. The number of hydrogen-bond acceptors (Lipinski definition) is 5. The molecule has 0 amide bonds. The van der Waals surface area contributed by atoms with Crippen LogP contribution in [-0.2, 0) is 6.42 Å². The molecule has 0 aliphatic heterocycles. The fourth-order valence-corrected chi connectivity index (χ4v) is 2.03. The molecule has 0 saturated heterocycles. The van der Waals surface area contributed by atoms with Crippen LogP contribution < -0.4 is 15.4 Å². The molecule has 2 N–H and O–H groups in total. The first-order valence-electron chi connectivity index (χ1n) is 7.12. The molecule has 0 aliphatic carbocycles. The molecule has 2 aromatic rings. The van der Waals surface area contributed by atoms with E-state index in [-0.39, 0.29) is 6.10 Å². The molecule has 1 heterocycles. The van der Waals surface area contributed by atoms with Crippen molar-refractivity contribution in [2.24, 2.45) is 0 Å². The molecule has 5 heteroatoms. The van der Waals surface area contributed by atoms with Gasteiger partial charge in [-0.15, -0.1) is 0 Å². The number of nitrogens with zero attached hydrogens (tertiary/aromatic N) is 3. The van der Waals surface area contributed by atoms with Gasteiger partial charge in [-0.2, -0.15) is 4.98 Å². The Kier molecular flexibility index (Phi) is 4.62. The van der Waals surface area contributed by atoms with E-state index in [0.717, 1.165) is 12.1 Å². The first kappa shape index (κ1) is 15.1. The van der Waals surface area contributed by atoms with Gasteiger partial charge in [0.1, 0.15) is 12.0 Å². The molecule has 112 valence electrons. The van der Waals surface area contributed by atoms with E-state index in [1.165, 1.54) is 11.9 Å². The van der Waals surface area contributed by atoms with Gasteiger partial charge in [-0.3, -0.25) is 0 Å². The standard InChI is InChI=1S/C16H22N4O/c1-5-12-6-8-13(9-7-12)20(4)15-14(17)16(19-10-18-15)21-11(2)3/h6-11H,5,17H2,1-4H3. The maximum absolute atomic E-state index is 6.13. The summed E-state index contributed by atoms with van der Waals surface area (Å²) in [4.78, 5) is 10.3. The van der Waals surface area contributed by atoms with Gasteiger partial charge in [0.2, 0.25) is 5.88 Å². The van der Waals surface area contributed by atoms with Gasteiger partial charge in [0.05, 0.1) is 6.10 Å². The predicted molar refractivity (Wildman–Crippen MR) is 86.1 cm³/mol. The Bertz CT molecular complexity index is 596. The second kappa shape index (κ2) is 6.43. The largest absolute Gasteiger partial charge is 0.473 e. The minimum Gasteiger partial charge on any atom is -0.473 e. The van der Waals surface area contributed by atoms with Crippen LogP contribution in [-0.4, -0.2) is 23.1 Å². The first-order chi connectivity index (χ1) is 10.0. The number of anilines is 3. The third-order valence-corrected chi connectivity index (χ3v) is 3.22. The second-order valence-corrected chi connectivity index (χ2v) is 5.16. The summed E-state index contributed by atoms with van der Waals surface area (Å²) in [6, 6.07) is 8.33. The van der Waals surface area contributed by atoms with Crippen molar-refractivity contribution in [2.45, 2.75) is 33.3 Å². The number of rotatable bonds is 5. The van der Waals surface area contributed by atoms with Crippen LogP contribution >= 0.6 is 0 Å². The lowest BCUT2D eigenvalue weighted by atomic mass is 10.1. The Morgan fingerprint density at radius 1 is 1.19 bits per heavy atom. The van der Waals surface area contributed by atoms with E-state index in [4.69, 9.17) is 10.5 Å². The monoisotopic (exact) mass is 286 g/mol. The van der Waals surface area contributed by atoms with Gasteiger partial charge in [-0.1, -0.05) is 19.1 Å². The normalized spacial score (nSPS) is 10.7. The molecule has 2 rings (SSSR count). The van der Waals surface area contributed by atoms with Crippen LogP contribution in [0, 0.1) is 0 Å². The highest BCUT2D eigenvalue weighted by Crippen LogP contribution is 2.32. The van der Waals surface area contributed by atoms with Crippen molar-refractivity contribution in [3.63, 3.8) is 0 Å². The van der Waals surface area contributed by atoms with E-state index in [1.807, 2.05) is 25.8 Å². The number of ether oxygens (including phenoxy) is 1. The minimum atomic E-state index is 0.0178. The van der Waals surface area contributed by atoms with Crippen LogP contribution in [0.1, 0.15) is 26.3 Å². The minimum absolute atomic E-state index is 0.0178. The number of nitrogens with two attached hydrogens (primary N) is 1. The molecular weight excluding hydrogens is 264 g/mol. The summed E-state index contributed by atoms with van der Waals surface area (Å²) in [7, 11) is 1.93. The summed E-state index contributed by atoms with van der Waals surface area (Å²) >= 11 is 0. The van der Waals surface area contributed by atoms with Gasteiger partial charge in [0.15, 0.2) is 5.82 Å². The Hall–Kier alpha value is -2.30. The molecule has 1 aromatic heterocycles. The third kappa shape index (κ3) is 3.42. The van der Waals surface area contributed by atoms with Gasteiger partial charge in [-0.25, -0.2) is 4.98 Å². The summed E-state index contributed by atoms with van der Waals surface area (Å²) < 4.78 is 5.61. The summed E-state index contributed by atoms with van der Waals surface area (Å²) in [6.07, 6.45) is 2.51. The molecule has 0 saturated carbocycles. The highest BCUT2D eigenvalue weighted by molar-refractivity contribution is 5.73. The average molecular weight is 286 g/mol. The third-order valence-electron chi connectivity index (χ3n) is 3.22. The topological polar surface area (TPSA) is 64.3 Å². The molecular formula is C16H22N4O. The first-order valence-corrected chi connectivity index (χ1v) is 7.12. The molecule has 21 heavy (non-hydrogen) atoms. The Morgan fingerprint density at radius 3 is 2.43 bits per heavy atom.